The van der Waals surface area contributed by atoms with Gasteiger partial charge >= 0.3 is 11.9 Å². The first kappa shape index (κ1) is 106. The highest BCUT2D eigenvalue weighted by Crippen LogP contribution is 2.26. The molecule has 1 aromatic carbocycles. The van der Waals surface area contributed by atoms with E-state index in [0.717, 1.165) is 35.3 Å². The summed E-state index contributed by atoms with van der Waals surface area (Å²) in [7, 11) is 0. The van der Waals surface area contributed by atoms with Crippen LogP contribution in [0, 0.1) is 29.6 Å². The van der Waals surface area contributed by atoms with E-state index in [2.05, 4.69) is 101 Å². The smallest absolute Gasteiger partial charge is 0.327 e. The number of carbonyl (C=O) groups excluding carboxylic acids is 18. The molecule has 0 aliphatic carbocycles. The lowest BCUT2D eigenvalue weighted by Gasteiger charge is -2.32. The number of amides is 18. The molecule has 21 unspecified atom stereocenters. The molecule has 4 aliphatic heterocycles. The van der Waals surface area contributed by atoms with E-state index in [0.29, 0.717) is 28.2 Å². The van der Waals surface area contributed by atoms with Crippen molar-refractivity contribution in [3.8, 4) is 0 Å². The van der Waals surface area contributed by atoms with Gasteiger partial charge in [-0.1, -0.05) is 115 Å². The second-order valence-electron chi connectivity index (χ2n) is 33.7. The summed E-state index contributed by atoms with van der Waals surface area (Å²) < 4.78 is 0. The lowest BCUT2D eigenvalue weighted by Crippen LogP contribution is -2.63. The number of H-pyrrole nitrogens is 1. The number of carbonyl (C=O) groups is 20. The van der Waals surface area contributed by atoms with Gasteiger partial charge in [-0.15, -0.1) is 0 Å². The SMILES string of the molecule is CCC(C)C1NC(=O)C2NC(=O)C(CC(C)C)NC(=O)C(NC(=O)C3CSCC(N)C(=O)NC(CO)C(=O)NCC(=O)NC(Cc4c[nH]c5ccccc45)C(=O)NC(C(C)C)C(=O)N3)C(C)SCC(NC(=O)C(CCC(=O)O)NC1=O)C(=O)NCC(=O)NC1C(=O)NC(CC(C)C)C(=O)NC(C(C)C)C(=O)NC(CSC2C)C(=O)NC(C)C(=O)NC(C(=O)O)CSC1C. The van der Waals surface area contributed by atoms with Crippen LogP contribution in [0.1, 0.15) is 135 Å². The number of aromatic nitrogens is 1. The summed E-state index contributed by atoms with van der Waals surface area (Å²) in [6, 6.07) is -22.1. The van der Waals surface area contributed by atoms with Crippen LogP contribution in [0.3, 0.4) is 0 Å². The number of fused-ring (bicyclic) bond motifs is 19. The fraction of sp³-hybridized carbons (Fsp3) is 0.654. The molecule has 2 aromatic rings. The number of aliphatic hydroxyl groups is 1. The highest BCUT2D eigenvalue weighted by atomic mass is 32.2. The van der Waals surface area contributed by atoms with Crippen molar-refractivity contribution in [2.75, 3.05) is 48.5 Å². The molecule has 1 aromatic heterocycles. The van der Waals surface area contributed by atoms with Crippen LogP contribution in [0.5, 0.6) is 0 Å². The molecule has 0 radical (unpaired) electrons. The molecule has 128 heavy (non-hydrogen) atoms. The number of nitrogens with two attached hydrogens (primary N) is 1. The average molecular weight is 1870 g/mol. The normalized spacial score (nSPS) is 29.8. The topological polar surface area (TPSA) is 660 Å². The zero-order valence-electron chi connectivity index (χ0n) is 73.9. The Kier molecular flexibility index (Phi) is 41.9. The van der Waals surface area contributed by atoms with E-state index in [1.807, 2.05) is 0 Å². The van der Waals surface area contributed by atoms with Crippen molar-refractivity contribution in [3.05, 3.63) is 36.0 Å². The minimum absolute atomic E-state index is 0.106. The molecule has 0 saturated carbocycles. The van der Waals surface area contributed by atoms with Gasteiger partial charge in [0.1, 0.15) is 96.7 Å². The van der Waals surface area contributed by atoms with Gasteiger partial charge in [0, 0.05) is 74.5 Å². The quantitative estimate of drug-likeness (QED) is 0.0657. The third kappa shape index (κ3) is 32.0. The molecule has 4 saturated heterocycles. The monoisotopic (exact) mass is 1870 g/mol. The number of nitrogens with one attached hydrogen (secondary N) is 19. The van der Waals surface area contributed by atoms with E-state index in [1.54, 1.807) is 92.8 Å². The van der Waals surface area contributed by atoms with E-state index < -0.39 is 322 Å². The third-order valence-electron chi connectivity index (χ3n) is 21.6. The molecule has 18 amide bonds. The van der Waals surface area contributed by atoms with Crippen LogP contribution in [0.25, 0.3) is 10.9 Å². The van der Waals surface area contributed by atoms with Crippen LogP contribution in [0.15, 0.2) is 30.5 Å². The van der Waals surface area contributed by atoms with Crippen molar-refractivity contribution in [2.24, 2.45) is 35.3 Å². The van der Waals surface area contributed by atoms with E-state index in [9.17, 15) is 72.9 Å². The van der Waals surface area contributed by atoms with Crippen LogP contribution in [-0.4, -0.2) is 305 Å². The number of aliphatic hydroxyl groups excluding tert-OH is 1. The van der Waals surface area contributed by atoms with Gasteiger partial charge in [-0.25, -0.2) is 4.79 Å². The number of hydrogen-bond acceptors (Lipinski definition) is 26. The lowest BCUT2D eigenvalue weighted by molar-refractivity contribution is -0.141. The van der Waals surface area contributed by atoms with Gasteiger partial charge in [-0.2, -0.15) is 47.0 Å². The Morgan fingerprint density at radius 1 is 0.461 bits per heavy atom. The lowest BCUT2D eigenvalue weighted by atomic mass is 9.96. The molecule has 4 aliphatic rings. The minimum atomic E-state index is -1.96. The van der Waals surface area contributed by atoms with Crippen molar-refractivity contribution in [1.82, 2.24) is 101 Å². The number of aliphatic carboxylic acids is 2. The summed E-state index contributed by atoms with van der Waals surface area (Å²) >= 11 is 2.94. The van der Waals surface area contributed by atoms with E-state index in [4.69, 9.17) is 5.73 Å². The number of carboxylic acid groups (broad SMARTS) is 2. The second kappa shape index (κ2) is 50.4. The molecular weight excluding hydrogens is 1750 g/mol. The zero-order valence-corrected chi connectivity index (χ0v) is 77.2. The van der Waals surface area contributed by atoms with Crippen LogP contribution in [0.2, 0.25) is 0 Å². The van der Waals surface area contributed by atoms with Crippen LogP contribution >= 0.6 is 47.0 Å². The van der Waals surface area contributed by atoms with E-state index in [-0.39, 0.29) is 31.6 Å². The van der Waals surface area contributed by atoms with Gasteiger partial charge in [0.05, 0.1) is 25.7 Å². The van der Waals surface area contributed by atoms with Gasteiger partial charge in [-0.05, 0) is 67.4 Å². The van der Waals surface area contributed by atoms with Crippen molar-refractivity contribution < 1.29 is 111 Å². The first-order valence-electron chi connectivity index (χ1n) is 42.4. The van der Waals surface area contributed by atoms with Crippen LogP contribution in [0.4, 0.5) is 0 Å². The maximum atomic E-state index is 15.8. The Hall–Kier alpha value is -10.5. The van der Waals surface area contributed by atoms with Crippen LogP contribution in [-0.2, 0) is 102 Å². The Bertz CT molecular complexity index is 4370. The maximum absolute atomic E-state index is 15.8. The molecule has 5 heterocycles. The number of rotatable bonds is 17. The molecule has 4 fully saturated rings. The average Bonchev–Trinajstić information content (AvgIpc) is 1.63. The molecule has 6 rings (SSSR count). The zero-order chi connectivity index (χ0) is 95.4. The third-order valence-corrected chi connectivity index (χ3v) is 26.7. The standard InChI is InChI=1S/C81H124N20O23S4/c1-15-38(10)61-77(119)88-47(20-21-58(105)106)69(111)92-53-31-126-41(13)63(101-74(116)52-30-125-29-45(82)66(108)91-51(28-102)67(109)84-26-56(103)87-50(72(114)98-59(36(6)7)75(117)93-52)24-43-25-83-46-19-17-16-18-44(43)46)79(121)90-49(23-35(4)5)71(113)100-64(80(122)99-61)42(14)127-32-54-73(115)86-39(11)65(107)95-55(81(123)124)33-128-40(12)62(96-57(104)27-85-68(53)110)78(120)89-48(22-34(2)3)70(112)97-60(37(8)9)76(118)94-54/h16-19,25,34-42,45,47-55,59-64,83,102H,15,20-24,26-33,82H2,1-14H3,(H,84,109)(H,85,110)(H,86,115)(H,87,103)(H,88,119)(H,89,120)(H,90,121)(H,91,108)(H,92,111)(H,93,117)(H,94,118)(H,95,107)(H,96,104)(H,97,112)(H,98,114)(H,99,122)(H,100,113)(H,101,116)(H,105,106)(H,123,124). The summed E-state index contributed by atoms with van der Waals surface area (Å²) in [6.07, 6.45) is -0.384. The molecule has 43 nitrogen and oxygen atoms in total. The van der Waals surface area contributed by atoms with Gasteiger partial charge in [0.25, 0.3) is 0 Å². The predicted octanol–water partition coefficient (Wildman–Crippen LogP) is -5.41. The Morgan fingerprint density at radius 2 is 0.945 bits per heavy atom. The van der Waals surface area contributed by atoms with Gasteiger partial charge in [0.2, 0.25) is 106 Å². The molecule has 21 atom stereocenters. The number of hydrogen-bond donors (Lipinski definition) is 23. The number of carboxylic acids is 2. The Morgan fingerprint density at radius 3 is 1.53 bits per heavy atom. The van der Waals surface area contributed by atoms with Crippen molar-refractivity contribution in [3.63, 3.8) is 0 Å². The molecule has 24 N–H and O–H groups in total. The van der Waals surface area contributed by atoms with Crippen molar-refractivity contribution in [2.45, 2.75) is 254 Å². The summed E-state index contributed by atoms with van der Waals surface area (Å²) in [5.74, 6) is -28.6. The maximum Gasteiger partial charge on any atom is 0.327 e. The van der Waals surface area contributed by atoms with Gasteiger partial charge in [-0.3, -0.25) is 91.1 Å². The van der Waals surface area contributed by atoms with E-state index in [1.165, 1.54) is 34.6 Å². The highest BCUT2D eigenvalue weighted by molar-refractivity contribution is 8.00. The molecular formula is C81H124N20O23S4. The number of benzene rings is 1. The fourth-order valence-corrected chi connectivity index (χ4v) is 18.2. The Labute approximate surface area is 757 Å². The van der Waals surface area contributed by atoms with Crippen LogP contribution < -0.4 is 101 Å². The minimum Gasteiger partial charge on any atom is -0.481 e. The first-order chi connectivity index (χ1) is 60.2. The number of thioether (sulfide) groups is 4. The molecule has 4 bridgehead atoms. The molecule has 0 spiro atoms. The molecule has 710 valence electrons. The summed E-state index contributed by atoms with van der Waals surface area (Å²) in [5.41, 5.74) is 7.55. The van der Waals surface area contributed by atoms with E-state index >= 15 is 38.4 Å². The van der Waals surface area contributed by atoms with Gasteiger partial charge < -0.3 is 122 Å². The summed E-state index contributed by atoms with van der Waals surface area (Å²) in [5, 5.41) is 73.7. The van der Waals surface area contributed by atoms with Crippen molar-refractivity contribution >= 4 is 176 Å². The predicted molar refractivity (Wildman–Crippen MR) is 475 cm³/mol. The number of para-hydroxylation sites is 1. The second-order valence-corrected chi connectivity index (χ2v) is 39.0. The largest absolute Gasteiger partial charge is 0.481 e. The highest BCUT2D eigenvalue weighted by Gasteiger charge is 2.44. The molecule has 47 heteroatoms. The summed E-state index contributed by atoms with van der Waals surface area (Å²) in [6.45, 7) is 18.6. The summed E-state index contributed by atoms with van der Waals surface area (Å²) in [4.78, 5) is 296. The van der Waals surface area contributed by atoms with Crippen molar-refractivity contribution in [1.29, 1.82) is 0 Å². The Balaban J connectivity index is 1.60. The fourth-order valence-electron chi connectivity index (χ4n) is 13.8. The number of aromatic amines is 1. The van der Waals surface area contributed by atoms with Gasteiger partial charge in [0.15, 0.2) is 0 Å². The first-order valence-corrected chi connectivity index (χ1v) is 46.7.